The molecule has 0 N–H and O–H groups in total. The summed E-state index contributed by atoms with van der Waals surface area (Å²) < 4.78 is 10.9. The van der Waals surface area contributed by atoms with Gasteiger partial charge < -0.3 is 14.4 Å². The largest absolute Gasteiger partial charge is 0.497 e. The van der Waals surface area contributed by atoms with E-state index in [1.807, 2.05) is 14.1 Å². The lowest BCUT2D eigenvalue weighted by Crippen LogP contribution is -2.14. The van der Waals surface area contributed by atoms with Gasteiger partial charge in [-0.15, -0.1) is 0 Å². The third kappa shape index (κ3) is 4.76. The fraction of sp³-hybridized carbons (Fsp3) is 0.167. The summed E-state index contributed by atoms with van der Waals surface area (Å²) in [5.41, 5.74) is 0.510. The van der Waals surface area contributed by atoms with Crippen LogP contribution in [-0.2, 0) is 0 Å². The van der Waals surface area contributed by atoms with E-state index in [2.05, 4.69) is 0 Å². The van der Waals surface area contributed by atoms with E-state index < -0.39 is 0 Å². The van der Waals surface area contributed by atoms with Crippen LogP contribution in [0.2, 0.25) is 5.02 Å². The molecule has 2 aromatic carbocycles. The number of hydrogen-bond acceptors (Lipinski definition) is 4. The summed E-state index contributed by atoms with van der Waals surface area (Å²) in [5.74, 6) is 1.29. The molecule has 0 saturated carbocycles. The first-order chi connectivity index (χ1) is 11.0. The molecule has 120 valence electrons. The SMILES string of the molecule is COc1ccc(OC(=CN(C)C)C(=O)c2ccc(Cl)cc2)cc1. The van der Waals surface area contributed by atoms with Crippen LogP contribution in [0.15, 0.2) is 60.5 Å². The summed E-state index contributed by atoms with van der Waals surface area (Å²) in [6.45, 7) is 0. The lowest BCUT2D eigenvalue weighted by Gasteiger charge is -2.13. The molecule has 0 spiro atoms. The average molecular weight is 332 g/mol. The third-order valence-corrected chi connectivity index (χ3v) is 3.24. The molecule has 0 saturated heterocycles. The zero-order valence-electron chi connectivity index (χ0n) is 13.2. The van der Waals surface area contributed by atoms with Crippen LogP contribution in [0, 0.1) is 0 Å². The van der Waals surface area contributed by atoms with E-state index >= 15 is 0 Å². The van der Waals surface area contributed by atoms with E-state index in [9.17, 15) is 4.79 Å². The van der Waals surface area contributed by atoms with Gasteiger partial charge in [0.15, 0.2) is 5.76 Å². The molecule has 0 heterocycles. The van der Waals surface area contributed by atoms with E-state index in [1.165, 1.54) is 0 Å². The fourth-order valence-corrected chi connectivity index (χ4v) is 2.01. The van der Waals surface area contributed by atoms with Crippen LogP contribution in [0.25, 0.3) is 0 Å². The Bertz CT molecular complexity index is 691. The first-order valence-corrected chi connectivity index (χ1v) is 7.38. The molecule has 0 atom stereocenters. The van der Waals surface area contributed by atoms with Crippen molar-refractivity contribution in [2.24, 2.45) is 0 Å². The standard InChI is InChI=1S/C18H18ClNO3/c1-20(2)12-17(18(21)13-4-6-14(19)7-5-13)23-16-10-8-15(22-3)9-11-16/h4-12H,1-3H3. The molecule has 23 heavy (non-hydrogen) atoms. The van der Waals surface area contributed by atoms with Crippen molar-refractivity contribution in [1.29, 1.82) is 0 Å². The van der Waals surface area contributed by atoms with E-state index in [-0.39, 0.29) is 11.5 Å². The Morgan fingerprint density at radius 1 is 1.00 bits per heavy atom. The van der Waals surface area contributed by atoms with Gasteiger partial charge in [-0.3, -0.25) is 4.79 Å². The molecule has 0 unspecified atom stereocenters. The van der Waals surface area contributed by atoms with Crippen LogP contribution in [0.4, 0.5) is 0 Å². The van der Waals surface area contributed by atoms with Crippen molar-refractivity contribution < 1.29 is 14.3 Å². The number of carbonyl (C=O) groups excluding carboxylic acids is 1. The predicted molar refractivity (Wildman–Crippen MR) is 91.2 cm³/mol. The van der Waals surface area contributed by atoms with Crippen molar-refractivity contribution in [1.82, 2.24) is 4.90 Å². The predicted octanol–water partition coefficient (Wildman–Crippen LogP) is 4.01. The van der Waals surface area contributed by atoms with Crippen molar-refractivity contribution in [3.8, 4) is 11.5 Å². The summed E-state index contributed by atoms with van der Waals surface area (Å²) in [7, 11) is 5.25. The molecule has 0 aliphatic rings. The van der Waals surface area contributed by atoms with Crippen LogP contribution < -0.4 is 9.47 Å². The summed E-state index contributed by atoms with van der Waals surface area (Å²) in [4.78, 5) is 14.4. The number of ether oxygens (including phenoxy) is 2. The molecular weight excluding hydrogens is 314 g/mol. The smallest absolute Gasteiger partial charge is 0.229 e. The molecule has 0 bridgehead atoms. The maximum Gasteiger partial charge on any atom is 0.229 e. The fourth-order valence-electron chi connectivity index (χ4n) is 1.88. The number of ketones is 1. The number of Topliss-reactive ketones (excluding diaryl/α,β-unsaturated/α-hetero) is 1. The van der Waals surface area contributed by atoms with Crippen molar-refractivity contribution in [2.75, 3.05) is 21.2 Å². The number of carbonyl (C=O) groups is 1. The zero-order valence-corrected chi connectivity index (χ0v) is 14.0. The lowest BCUT2D eigenvalue weighted by molar-refractivity contribution is 0.0982. The molecule has 0 aliphatic heterocycles. The second-order valence-corrected chi connectivity index (χ2v) is 5.51. The van der Waals surface area contributed by atoms with Crippen LogP contribution in [0.5, 0.6) is 11.5 Å². The summed E-state index contributed by atoms with van der Waals surface area (Å²) in [6.07, 6.45) is 1.64. The number of methoxy groups -OCH3 is 1. The first-order valence-electron chi connectivity index (χ1n) is 7.00. The molecule has 2 aromatic rings. The first kappa shape index (κ1) is 16.9. The molecule has 0 aliphatic carbocycles. The molecule has 0 radical (unpaired) electrons. The van der Waals surface area contributed by atoms with Gasteiger partial charge in [-0.25, -0.2) is 0 Å². The number of allylic oxidation sites excluding steroid dienone is 1. The summed E-state index contributed by atoms with van der Waals surface area (Å²) >= 11 is 5.86. The average Bonchev–Trinajstić information content (AvgIpc) is 2.54. The molecular formula is C18H18ClNO3. The minimum Gasteiger partial charge on any atom is -0.497 e. The minimum atomic E-state index is -0.216. The van der Waals surface area contributed by atoms with Crippen molar-refractivity contribution in [2.45, 2.75) is 0 Å². The van der Waals surface area contributed by atoms with Gasteiger partial charge in [0.2, 0.25) is 5.78 Å². The van der Waals surface area contributed by atoms with Crippen LogP contribution in [-0.4, -0.2) is 31.9 Å². The molecule has 0 aromatic heterocycles. The van der Waals surface area contributed by atoms with Gasteiger partial charge >= 0.3 is 0 Å². The van der Waals surface area contributed by atoms with Crippen LogP contribution in [0.1, 0.15) is 10.4 Å². The highest BCUT2D eigenvalue weighted by molar-refractivity contribution is 6.30. The molecule has 2 rings (SSSR count). The van der Waals surface area contributed by atoms with E-state index in [0.29, 0.717) is 16.3 Å². The Morgan fingerprint density at radius 3 is 2.09 bits per heavy atom. The second-order valence-electron chi connectivity index (χ2n) is 5.07. The van der Waals surface area contributed by atoms with Crippen molar-refractivity contribution in [3.63, 3.8) is 0 Å². The minimum absolute atomic E-state index is 0.216. The maximum absolute atomic E-state index is 12.6. The third-order valence-electron chi connectivity index (χ3n) is 2.99. The lowest BCUT2D eigenvalue weighted by atomic mass is 10.1. The van der Waals surface area contributed by atoms with Gasteiger partial charge in [0.25, 0.3) is 0 Å². The van der Waals surface area contributed by atoms with Gasteiger partial charge in [0.05, 0.1) is 7.11 Å². The van der Waals surface area contributed by atoms with Gasteiger partial charge in [-0.1, -0.05) is 11.6 Å². The van der Waals surface area contributed by atoms with Crippen molar-refractivity contribution >= 4 is 17.4 Å². The maximum atomic E-state index is 12.6. The van der Waals surface area contributed by atoms with Crippen LogP contribution >= 0.6 is 11.6 Å². The zero-order chi connectivity index (χ0) is 16.8. The number of hydrogen-bond donors (Lipinski definition) is 0. The van der Waals surface area contributed by atoms with Gasteiger partial charge in [-0.05, 0) is 48.5 Å². The molecule has 0 amide bonds. The monoisotopic (exact) mass is 331 g/mol. The Labute approximate surface area is 140 Å². The van der Waals surface area contributed by atoms with Gasteiger partial charge in [0, 0.05) is 30.9 Å². The normalized spacial score (nSPS) is 11.0. The van der Waals surface area contributed by atoms with Crippen molar-refractivity contribution in [3.05, 3.63) is 71.1 Å². The van der Waals surface area contributed by atoms with Crippen LogP contribution in [0.3, 0.4) is 0 Å². The molecule has 0 fully saturated rings. The van der Waals surface area contributed by atoms with Gasteiger partial charge in [-0.2, -0.15) is 0 Å². The highest BCUT2D eigenvalue weighted by atomic mass is 35.5. The number of rotatable bonds is 6. The number of benzene rings is 2. The Balaban J connectivity index is 2.26. The Morgan fingerprint density at radius 2 is 1.57 bits per heavy atom. The Hall–Kier alpha value is -2.46. The van der Waals surface area contributed by atoms with E-state index in [1.54, 1.807) is 66.7 Å². The number of nitrogens with zero attached hydrogens (tertiary/aromatic N) is 1. The summed E-state index contributed by atoms with van der Waals surface area (Å²) in [5, 5.41) is 0.579. The van der Waals surface area contributed by atoms with E-state index in [4.69, 9.17) is 21.1 Å². The highest BCUT2D eigenvalue weighted by Gasteiger charge is 2.15. The van der Waals surface area contributed by atoms with Gasteiger partial charge in [0.1, 0.15) is 11.5 Å². The second kappa shape index (κ2) is 7.70. The summed E-state index contributed by atoms with van der Waals surface area (Å²) in [6, 6.07) is 13.7. The molecule has 4 nitrogen and oxygen atoms in total. The quantitative estimate of drug-likeness (QED) is 0.455. The number of halogens is 1. The Kier molecular flexibility index (Phi) is 5.66. The van der Waals surface area contributed by atoms with E-state index in [0.717, 1.165) is 5.75 Å². The highest BCUT2D eigenvalue weighted by Crippen LogP contribution is 2.21. The molecule has 5 heteroatoms. The topological polar surface area (TPSA) is 38.8 Å².